The van der Waals surface area contributed by atoms with Crippen molar-refractivity contribution in [1.29, 1.82) is 0 Å². The molecule has 140 valence electrons. The van der Waals surface area contributed by atoms with Crippen molar-refractivity contribution < 1.29 is 14.5 Å². The number of nitro benzene ring substituents is 1. The number of carbonyl (C=O) groups excluding carboxylic acids is 2. The van der Waals surface area contributed by atoms with Crippen molar-refractivity contribution in [2.75, 3.05) is 10.6 Å². The zero-order valence-electron chi connectivity index (χ0n) is 15.4. The third-order valence-electron chi connectivity index (χ3n) is 3.58. The molecule has 0 atom stereocenters. The highest BCUT2D eigenvalue weighted by Gasteiger charge is 2.21. The Hall–Kier alpha value is -3.48. The molecule has 2 amide bonds. The maximum absolute atomic E-state index is 12.1. The Morgan fingerprint density at radius 3 is 2.26 bits per heavy atom. The standard InChI is InChI=1S/C20H21N3O4/c1-20(2,3)19(25)22-16-8-5-7-15(13-16)21-18(24)11-10-14-6-4-9-17(12-14)23(26)27/h4-13H,1-3H3,(H,21,24)(H,22,25)/b11-10+. The number of nitrogens with one attached hydrogen (secondary N) is 2. The quantitative estimate of drug-likeness (QED) is 0.469. The molecule has 7 heteroatoms. The van der Waals surface area contributed by atoms with Gasteiger partial charge in [0.05, 0.1) is 4.92 Å². The molecule has 0 aliphatic heterocycles. The number of nitro groups is 1. The summed E-state index contributed by atoms with van der Waals surface area (Å²) in [4.78, 5) is 34.4. The van der Waals surface area contributed by atoms with Gasteiger partial charge in [-0.05, 0) is 29.8 Å². The lowest BCUT2D eigenvalue weighted by Crippen LogP contribution is -2.27. The van der Waals surface area contributed by atoms with E-state index in [1.54, 1.807) is 36.4 Å². The number of nitrogens with zero attached hydrogens (tertiary/aromatic N) is 1. The van der Waals surface area contributed by atoms with Crippen LogP contribution in [0.5, 0.6) is 0 Å². The van der Waals surface area contributed by atoms with Gasteiger partial charge in [-0.3, -0.25) is 19.7 Å². The Bertz CT molecular complexity index is 898. The summed E-state index contributed by atoms with van der Waals surface area (Å²) in [6.07, 6.45) is 2.78. The van der Waals surface area contributed by atoms with Crippen LogP contribution < -0.4 is 10.6 Å². The molecule has 0 saturated carbocycles. The van der Waals surface area contributed by atoms with Crippen LogP contribution in [0.4, 0.5) is 17.1 Å². The first-order chi connectivity index (χ1) is 12.6. The van der Waals surface area contributed by atoms with Gasteiger partial charge < -0.3 is 10.6 Å². The number of rotatable bonds is 5. The fourth-order valence-electron chi connectivity index (χ4n) is 2.09. The molecule has 2 rings (SSSR count). The summed E-state index contributed by atoms with van der Waals surface area (Å²) < 4.78 is 0. The van der Waals surface area contributed by atoms with Gasteiger partial charge in [0.15, 0.2) is 0 Å². The van der Waals surface area contributed by atoms with Crippen molar-refractivity contribution in [2.45, 2.75) is 20.8 Å². The first-order valence-electron chi connectivity index (χ1n) is 8.30. The highest BCUT2D eigenvalue weighted by atomic mass is 16.6. The van der Waals surface area contributed by atoms with Gasteiger partial charge in [0.25, 0.3) is 5.69 Å². The maximum Gasteiger partial charge on any atom is 0.270 e. The average Bonchev–Trinajstić information content (AvgIpc) is 2.59. The third kappa shape index (κ3) is 6.07. The molecular formula is C20H21N3O4. The number of benzene rings is 2. The smallest absolute Gasteiger partial charge is 0.270 e. The molecule has 27 heavy (non-hydrogen) atoms. The molecule has 2 N–H and O–H groups in total. The van der Waals surface area contributed by atoms with Crippen LogP contribution in [0.1, 0.15) is 26.3 Å². The van der Waals surface area contributed by atoms with Gasteiger partial charge in [0.1, 0.15) is 0 Å². The van der Waals surface area contributed by atoms with Crippen LogP contribution in [-0.4, -0.2) is 16.7 Å². The van der Waals surface area contributed by atoms with Gasteiger partial charge in [-0.25, -0.2) is 0 Å². The highest BCUT2D eigenvalue weighted by molar-refractivity contribution is 6.02. The molecule has 0 spiro atoms. The van der Waals surface area contributed by atoms with Gasteiger partial charge in [-0.2, -0.15) is 0 Å². The Labute approximate surface area is 157 Å². The summed E-state index contributed by atoms with van der Waals surface area (Å²) >= 11 is 0. The largest absolute Gasteiger partial charge is 0.326 e. The third-order valence-corrected chi connectivity index (χ3v) is 3.58. The zero-order chi connectivity index (χ0) is 20.0. The Kier molecular flexibility index (Phi) is 6.07. The number of amides is 2. The Morgan fingerprint density at radius 2 is 1.63 bits per heavy atom. The molecule has 0 aliphatic rings. The van der Waals surface area contributed by atoms with Crippen LogP contribution in [0.15, 0.2) is 54.6 Å². The SMILES string of the molecule is CC(C)(C)C(=O)Nc1cccc(NC(=O)/C=C/c2cccc([N+](=O)[O-])c2)c1. The maximum atomic E-state index is 12.1. The minimum absolute atomic E-state index is 0.0418. The van der Waals surface area contributed by atoms with Crippen LogP contribution in [-0.2, 0) is 9.59 Å². The summed E-state index contributed by atoms with van der Waals surface area (Å²) in [5.41, 5.74) is 1.08. The number of hydrogen-bond acceptors (Lipinski definition) is 4. The second-order valence-electron chi connectivity index (χ2n) is 6.96. The summed E-state index contributed by atoms with van der Waals surface area (Å²) in [5, 5.41) is 16.3. The highest BCUT2D eigenvalue weighted by Crippen LogP contribution is 2.20. The summed E-state index contributed by atoms with van der Waals surface area (Å²) in [6.45, 7) is 5.44. The van der Waals surface area contributed by atoms with Crippen LogP contribution in [0.2, 0.25) is 0 Å². The number of carbonyl (C=O) groups is 2. The van der Waals surface area contributed by atoms with Crippen molar-refractivity contribution in [3.8, 4) is 0 Å². The normalized spacial score (nSPS) is 11.2. The van der Waals surface area contributed by atoms with Crippen LogP contribution in [0.3, 0.4) is 0 Å². The molecule has 0 fully saturated rings. The van der Waals surface area contributed by atoms with Crippen molar-refractivity contribution in [3.05, 3.63) is 70.3 Å². The summed E-state index contributed by atoms with van der Waals surface area (Å²) in [6, 6.07) is 12.8. The predicted octanol–water partition coefficient (Wildman–Crippen LogP) is 4.23. The number of hydrogen-bond donors (Lipinski definition) is 2. The van der Waals surface area contributed by atoms with E-state index in [4.69, 9.17) is 0 Å². The molecule has 0 aromatic heterocycles. The minimum atomic E-state index is -0.527. The van der Waals surface area contributed by atoms with E-state index in [0.717, 1.165) is 0 Å². The molecule has 0 aliphatic carbocycles. The first kappa shape index (κ1) is 19.8. The molecule has 0 heterocycles. The fourth-order valence-corrected chi connectivity index (χ4v) is 2.09. The monoisotopic (exact) mass is 367 g/mol. The van der Waals surface area contributed by atoms with E-state index in [-0.39, 0.29) is 17.5 Å². The lowest BCUT2D eigenvalue weighted by molar-refractivity contribution is -0.384. The minimum Gasteiger partial charge on any atom is -0.326 e. The first-order valence-corrected chi connectivity index (χ1v) is 8.30. The molecule has 2 aromatic carbocycles. The van der Waals surface area contributed by atoms with Crippen molar-refractivity contribution in [1.82, 2.24) is 0 Å². The van der Waals surface area contributed by atoms with Crippen LogP contribution in [0.25, 0.3) is 6.08 Å². The molecular weight excluding hydrogens is 346 g/mol. The van der Waals surface area contributed by atoms with E-state index in [0.29, 0.717) is 16.9 Å². The lowest BCUT2D eigenvalue weighted by Gasteiger charge is -2.18. The summed E-state index contributed by atoms with van der Waals surface area (Å²) in [5.74, 6) is -0.516. The van der Waals surface area contributed by atoms with E-state index in [2.05, 4.69) is 10.6 Å². The molecule has 7 nitrogen and oxygen atoms in total. The molecule has 2 aromatic rings. The van der Waals surface area contributed by atoms with Crippen molar-refractivity contribution in [3.63, 3.8) is 0 Å². The van der Waals surface area contributed by atoms with Gasteiger partial charge in [0.2, 0.25) is 11.8 Å². The zero-order valence-corrected chi connectivity index (χ0v) is 15.4. The van der Waals surface area contributed by atoms with Crippen molar-refractivity contribution >= 4 is 35.0 Å². The van der Waals surface area contributed by atoms with Gasteiger partial charge in [-0.1, -0.05) is 39.0 Å². The number of anilines is 2. The average molecular weight is 367 g/mol. The molecule has 0 radical (unpaired) electrons. The Morgan fingerprint density at radius 1 is 1.00 bits per heavy atom. The second kappa shape index (κ2) is 8.27. The summed E-state index contributed by atoms with van der Waals surface area (Å²) in [7, 11) is 0. The van der Waals surface area contributed by atoms with Gasteiger partial charge >= 0.3 is 0 Å². The van der Waals surface area contributed by atoms with Gasteiger partial charge in [0, 0.05) is 35.0 Å². The molecule has 0 bridgehead atoms. The van der Waals surface area contributed by atoms with E-state index >= 15 is 0 Å². The topological polar surface area (TPSA) is 101 Å². The van der Waals surface area contributed by atoms with E-state index in [1.165, 1.54) is 24.3 Å². The molecule has 0 unspecified atom stereocenters. The Balaban J connectivity index is 2.03. The van der Waals surface area contributed by atoms with E-state index in [1.807, 2.05) is 20.8 Å². The van der Waals surface area contributed by atoms with Crippen molar-refractivity contribution in [2.24, 2.45) is 5.41 Å². The van der Waals surface area contributed by atoms with Crippen LogP contribution in [0, 0.1) is 15.5 Å². The second-order valence-corrected chi connectivity index (χ2v) is 6.96. The van der Waals surface area contributed by atoms with E-state index in [9.17, 15) is 19.7 Å². The van der Waals surface area contributed by atoms with Gasteiger partial charge in [-0.15, -0.1) is 0 Å². The molecule has 0 saturated heterocycles. The van der Waals surface area contributed by atoms with Crippen LogP contribution >= 0.6 is 0 Å². The predicted molar refractivity (Wildman–Crippen MR) is 105 cm³/mol. The fraction of sp³-hybridized carbons (Fsp3) is 0.200. The number of non-ortho nitro benzene ring substituents is 1. The lowest BCUT2D eigenvalue weighted by atomic mass is 9.95. The van der Waals surface area contributed by atoms with E-state index < -0.39 is 10.3 Å².